The van der Waals surface area contributed by atoms with Crippen LogP contribution >= 0.6 is 0 Å². The summed E-state index contributed by atoms with van der Waals surface area (Å²) in [4.78, 5) is 29.6. The molecule has 2 heterocycles. The number of piperidine rings is 1. The van der Waals surface area contributed by atoms with Gasteiger partial charge in [-0.25, -0.2) is 4.79 Å². The van der Waals surface area contributed by atoms with Gasteiger partial charge in [-0.3, -0.25) is 4.79 Å². The van der Waals surface area contributed by atoms with Gasteiger partial charge < -0.3 is 29.9 Å². The molecule has 2 aromatic rings. The number of anilines is 3. The first-order valence-corrected chi connectivity index (χ1v) is 11.0. The molecule has 2 aliphatic rings. The average Bonchev–Trinajstić information content (AvgIpc) is 2.81. The average molecular weight is 439 g/mol. The largest absolute Gasteiger partial charge is 0.497 e. The Bertz CT molecular complexity index is 932. The van der Waals surface area contributed by atoms with Crippen molar-refractivity contribution in [3.05, 3.63) is 48.5 Å². The van der Waals surface area contributed by atoms with E-state index in [9.17, 15) is 9.59 Å². The molecule has 2 saturated heterocycles. The molecule has 8 heteroatoms. The molecule has 2 N–H and O–H groups in total. The van der Waals surface area contributed by atoms with Crippen LogP contribution in [0.2, 0.25) is 0 Å². The van der Waals surface area contributed by atoms with Gasteiger partial charge in [0.1, 0.15) is 11.8 Å². The molecular formula is C24H30N4O4. The maximum Gasteiger partial charge on any atom is 0.319 e. The van der Waals surface area contributed by atoms with Gasteiger partial charge in [-0.1, -0.05) is 0 Å². The van der Waals surface area contributed by atoms with Crippen molar-refractivity contribution in [2.24, 2.45) is 0 Å². The van der Waals surface area contributed by atoms with Crippen molar-refractivity contribution in [3.8, 4) is 5.75 Å². The lowest BCUT2D eigenvalue weighted by Gasteiger charge is -2.36. The number of carbonyl (C=O) groups excluding carboxylic acids is 2. The van der Waals surface area contributed by atoms with Crippen molar-refractivity contribution in [1.29, 1.82) is 0 Å². The van der Waals surface area contributed by atoms with E-state index in [0.717, 1.165) is 37.6 Å². The molecule has 0 spiro atoms. The zero-order valence-electron chi connectivity index (χ0n) is 18.5. The first-order chi connectivity index (χ1) is 15.5. The number of nitrogens with zero attached hydrogens (tertiary/aromatic N) is 2. The molecule has 0 aromatic heterocycles. The van der Waals surface area contributed by atoms with E-state index < -0.39 is 12.1 Å². The molecule has 2 atom stereocenters. The number of amides is 3. The Labute approximate surface area is 188 Å². The monoisotopic (exact) mass is 438 g/mol. The lowest BCUT2D eigenvalue weighted by Crippen LogP contribution is -2.53. The molecule has 2 fully saturated rings. The predicted octanol–water partition coefficient (Wildman–Crippen LogP) is 3.24. The summed E-state index contributed by atoms with van der Waals surface area (Å²) in [5.41, 5.74) is 2.61. The molecule has 170 valence electrons. The second kappa shape index (κ2) is 9.91. The molecular weight excluding hydrogens is 408 g/mol. The Morgan fingerprint density at radius 2 is 1.78 bits per heavy atom. The van der Waals surface area contributed by atoms with Gasteiger partial charge in [0, 0.05) is 36.2 Å². The van der Waals surface area contributed by atoms with Crippen LogP contribution in [-0.2, 0) is 9.53 Å². The van der Waals surface area contributed by atoms with E-state index in [1.165, 1.54) is 0 Å². The summed E-state index contributed by atoms with van der Waals surface area (Å²) in [7, 11) is 1.59. The van der Waals surface area contributed by atoms with Crippen LogP contribution in [0.5, 0.6) is 5.75 Å². The van der Waals surface area contributed by atoms with Crippen LogP contribution in [0.4, 0.5) is 21.9 Å². The molecule has 2 aromatic carbocycles. The minimum absolute atomic E-state index is 0.0892. The van der Waals surface area contributed by atoms with E-state index in [0.29, 0.717) is 30.4 Å². The van der Waals surface area contributed by atoms with Gasteiger partial charge in [0.15, 0.2) is 0 Å². The normalized spacial score (nSPS) is 21.2. The van der Waals surface area contributed by atoms with E-state index in [1.807, 2.05) is 12.1 Å². The molecule has 32 heavy (non-hydrogen) atoms. The summed E-state index contributed by atoms with van der Waals surface area (Å²) < 4.78 is 10.6. The van der Waals surface area contributed by atoms with Gasteiger partial charge in [0.25, 0.3) is 0 Å². The summed E-state index contributed by atoms with van der Waals surface area (Å²) in [5, 5.41) is 5.59. The lowest BCUT2D eigenvalue weighted by atomic mass is 10.0. The van der Waals surface area contributed by atoms with E-state index in [-0.39, 0.29) is 5.91 Å². The highest BCUT2D eigenvalue weighted by Gasteiger charge is 2.31. The quantitative estimate of drug-likeness (QED) is 0.749. The van der Waals surface area contributed by atoms with Crippen molar-refractivity contribution in [1.82, 2.24) is 5.32 Å². The fourth-order valence-corrected chi connectivity index (χ4v) is 4.20. The number of hydrogen-bond acceptors (Lipinski definition) is 5. The van der Waals surface area contributed by atoms with Gasteiger partial charge in [-0.15, -0.1) is 0 Å². The lowest BCUT2D eigenvalue weighted by molar-refractivity contribution is -0.121. The second-order valence-electron chi connectivity index (χ2n) is 8.15. The number of rotatable bonds is 5. The number of nitrogens with one attached hydrogen (secondary N) is 2. The summed E-state index contributed by atoms with van der Waals surface area (Å²) >= 11 is 0. The van der Waals surface area contributed by atoms with Crippen LogP contribution in [0.3, 0.4) is 0 Å². The van der Waals surface area contributed by atoms with Crippen LogP contribution in [-0.4, -0.2) is 57.4 Å². The third-order valence-electron chi connectivity index (χ3n) is 5.95. The Balaban J connectivity index is 1.37. The second-order valence-corrected chi connectivity index (χ2v) is 8.15. The van der Waals surface area contributed by atoms with Crippen molar-refractivity contribution >= 4 is 29.0 Å². The van der Waals surface area contributed by atoms with Crippen molar-refractivity contribution in [2.75, 3.05) is 48.5 Å². The Morgan fingerprint density at radius 1 is 1.06 bits per heavy atom. The van der Waals surface area contributed by atoms with E-state index in [1.54, 1.807) is 36.3 Å². The predicted molar refractivity (Wildman–Crippen MR) is 125 cm³/mol. The fraction of sp³-hybridized carbons (Fsp3) is 0.417. The minimum atomic E-state index is -0.555. The summed E-state index contributed by atoms with van der Waals surface area (Å²) in [6.45, 7) is 5.10. The first kappa shape index (κ1) is 22.0. The summed E-state index contributed by atoms with van der Waals surface area (Å²) in [6, 6.07) is 14.5. The highest BCUT2D eigenvalue weighted by Crippen LogP contribution is 2.26. The highest BCUT2D eigenvalue weighted by atomic mass is 16.5. The van der Waals surface area contributed by atoms with Crippen LogP contribution in [0.25, 0.3) is 0 Å². The Morgan fingerprint density at radius 3 is 2.47 bits per heavy atom. The van der Waals surface area contributed by atoms with Gasteiger partial charge in [-0.05, 0) is 68.3 Å². The van der Waals surface area contributed by atoms with Gasteiger partial charge >= 0.3 is 6.03 Å². The van der Waals surface area contributed by atoms with Crippen LogP contribution < -0.4 is 25.2 Å². The maximum absolute atomic E-state index is 13.1. The fourth-order valence-electron chi connectivity index (χ4n) is 4.20. The topological polar surface area (TPSA) is 83.1 Å². The molecule has 0 aliphatic carbocycles. The molecule has 2 aliphatic heterocycles. The molecule has 3 amide bonds. The van der Waals surface area contributed by atoms with Crippen molar-refractivity contribution in [2.45, 2.75) is 31.8 Å². The molecule has 0 saturated carbocycles. The van der Waals surface area contributed by atoms with Gasteiger partial charge in [0.2, 0.25) is 5.91 Å². The number of ether oxygens (including phenoxy) is 2. The van der Waals surface area contributed by atoms with E-state index >= 15 is 0 Å². The zero-order valence-corrected chi connectivity index (χ0v) is 18.5. The van der Waals surface area contributed by atoms with E-state index in [2.05, 4.69) is 34.6 Å². The van der Waals surface area contributed by atoms with E-state index in [4.69, 9.17) is 9.47 Å². The third kappa shape index (κ3) is 4.96. The van der Waals surface area contributed by atoms with Crippen LogP contribution in [0.15, 0.2) is 48.5 Å². The minimum Gasteiger partial charge on any atom is -0.497 e. The third-order valence-corrected chi connectivity index (χ3v) is 5.95. The first-order valence-electron chi connectivity index (χ1n) is 11.0. The number of benzene rings is 2. The SMILES string of the molecule is COc1ccc(NC(=O)NC2CCCN(c3ccc(N4CCOCC4C)cc3)C2=O)cc1. The maximum atomic E-state index is 13.1. The van der Waals surface area contributed by atoms with Gasteiger partial charge in [0.05, 0.1) is 20.3 Å². The zero-order chi connectivity index (χ0) is 22.5. The highest BCUT2D eigenvalue weighted by molar-refractivity contribution is 6.01. The smallest absolute Gasteiger partial charge is 0.319 e. The molecule has 0 bridgehead atoms. The molecule has 4 rings (SSSR count). The summed E-state index contributed by atoms with van der Waals surface area (Å²) in [5.74, 6) is 0.622. The number of urea groups is 1. The Kier molecular flexibility index (Phi) is 6.80. The summed E-state index contributed by atoms with van der Waals surface area (Å²) in [6.07, 6.45) is 1.44. The molecule has 2 unspecified atom stereocenters. The van der Waals surface area contributed by atoms with Crippen LogP contribution in [0, 0.1) is 0 Å². The van der Waals surface area contributed by atoms with Gasteiger partial charge in [-0.2, -0.15) is 0 Å². The van der Waals surface area contributed by atoms with Crippen molar-refractivity contribution in [3.63, 3.8) is 0 Å². The number of hydrogen-bond donors (Lipinski definition) is 2. The standard InChI is InChI=1S/C24H30N4O4/c1-17-16-32-15-14-27(17)19-7-9-20(10-8-19)28-13-3-4-22(23(28)29)26-24(30)25-18-5-11-21(31-2)12-6-18/h5-12,17,22H,3-4,13-16H2,1-2H3,(H2,25,26,30). The van der Waals surface area contributed by atoms with Crippen molar-refractivity contribution < 1.29 is 19.1 Å². The molecule has 8 nitrogen and oxygen atoms in total. The number of morpholine rings is 1. The molecule has 0 radical (unpaired) electrons. The number of carbonyl (C=O) groups is 2. The Hall–Kier alpha value is -3.26. The van der Waals surface area contributed by atoms with Crippen LogP contribution in [0.1, 0.15) is 19.8 Å². The number of methoxy groups -OCH3 is 1.